The van der Waals surface area contributed by atoms with E-state index < -0.39 is 59.8 Å². The van der Waals surface area contributed by atoms with E-state index >= 15 is 0 Å². The average Bonchev–Trinajstić information content (AvgIpc) is 3.73. The number of benzene rings is 2. The highest BCUT2D eigenvalue weighted by Crippen LogP contribution is 2.31. The monoisotopic (exact) mass is 908 g/mol. The van der Waals surface area contributed by atoms with Crippen LogP contribution in [0, 0.1) is 23.7 Å². The van der Waals surface area contributed by atoms with Gasteiger partial charge in [-0.2, -0.15) is 0 Å². The quantitative estimate of drug-likeness (QED) is 0.114. The van der Waals surface area contributed by atoms with E-state index in [0.717, 1.165) is 24.0 Å². The molecule has 0 radical (unpaired) electrons. The van der Waals surface area contributed by atoms with Gasteiger partial charge in [0.2, 0.25) is 23.6 Å². The molecule has 14 heteroatoms. The van der Waals surface area contributed by atoms with Crippen molar-refractivity contribution in [3.8, 4) is 0 Å². The Hall–Kier alpha value is -4.37. The first-order valence-electron chi connectivity index (χ1n) is 23.5. The molecule has 0 unspecified atom stereocenters. The Morgan fingerprint density at radius 3 is 1.89 bits per heavy atom. The number of amides is 5. The largest absolute Gasteiger partial charge is 0.444 e. The number of likely N-dealkylation sites (N-methyl/N-ethyl adjacent to an activating group) is 2. The van der Waals surface area contributed by atoms with Crippen LogP contribution in [0.4, 0.5) is 4.79 Å². The summed E-state index contributed by atoms with van der Waals surface area (Å²) in [5, 5.41) is 5.86. The summed E-state index contributed by atoms with van der Waals surface area (Å²) in [6.07, 6.45) is 0.921. The van der Waals surface area contributed by atoms with Gasteiger partial charge in [0, 0.05) is 33.9 Å². The van der Waals surface area contributed by atoms with E-state index in [0.29, 0.717) is 32.6 Å². The van der Waals surface area contributed by atoms with Crippen LogP contribution in [-0.2, 0) is 51.2 Å². The maximum Gasteiger partial charge on any atom is 0.410 e. The lowest BCUT2D eigenvalue weighted by molar-refractivity contribution is -0.144. The summed E-state index contributed by atoms with van der Waals surface area (Å²) in [7, 11) is 6.51. The Morgan fingerprint density at radius 2 is 1.37 bits per heavy atom. The molecule has 1 aliphatic rings. The third-order valence-electron chi connectivity index (χ3n) is 12.6. The fraction of sp³-hybridized carbons (Fsp3) is 0.667. The number of methoxy groups -OCH3 is 2. The maximum atomic E-state index is 14.5. The minimum Gasteiger partial charge on any atom is -0.444 e. The number of carbonyl (C=O) groups excluding carboxylic acids is 5. The number of nitrogens with one attached hydrogen (secondary N) is 2. The summed E-state index contributed by atoms with van der Waals surface area (Å²) in [6, 6.07) is 17.1. The highest BCUT2D eigenvalue weighted by atomic mass is 16.6. The van der Waals surface area contributed by atoms with Gasteiger partial charge in [-0.25, -0.2) is 4.79 Å². The van der Waals surface area contributed by atoms with Crippen molar-refractivity contribution in [1.82, 2.24) is 25.3 Å². The third kappa shape index (κ3) is 16.2. The number of rotatable bonds is 24. The summed E-state index contributed by atoms with van der Waals surface area (Å²) in [5.74, 6) is -2.58. The van der Waals surface area contributed by atoms with Crippen molar-refractivity contribution in [2.75, 3.05) is 41.5 Å². The summed E-state index contributed by atoms with van der Waals surface area (Å²) >= 11 is 0. The van der Waals surface area contributed by atoms with E-state index in [2.05, 4.69) is 24.5 Å². The lowest BCUT2D eigenvalue weighted by Gasteiger charge is -2.43. The molecule has 1 heterocycles. The van der Waals surface area contributed by atoms with E-state index in [-0.39, 0.29) is 48.1 Å². The van der Waals surface area contributed by atoms with Crippen molar-refractivity contribution in [2.45, 2.75) is 156 Å². The number of nitrogens with zero attached hydrogens (tertiary/aromatic N) is 3. The van der Waals surface area contributed by atoms with Crippen LogP contribution in [0.1, 0.15) is 106 Å². The predicted molar refractivity (Wildman–Crippen MR) is 254 cm³/mol. The zero-order chi connectivity index (χ0) is 48.6. The molecule has 5 amide bonds. The zero-order valence-electron chi connectivity index (χ0n) is 41.8. The SMILES string of the molecule is CC[C@H](C)[C@@H]([C@@H](CC(=O)N1CCC[C@H]1[C@H](OC)[C@@H](C)C(=O)N[C@H](COCc1ccccc1)Cc1ccccc1)OC)N(C)[C@H](C(=O)NC(=O)[C@H](C(C)C)N(C)C(=O)OC(C)(C)C)C(C)C. The highest BCUT2D eigenvalue weighted by Gasteiger charge is 2.44. The molecule has 0 aromatic heterocycles. The molecule has 0 bridgehead atoms. The lowest BCUT2D eigenvalue weighted by Crippen LogP contribution is -2.60. The van der Waals surface area contributed by atoms with Crippen molar-refractivity contribution in [3.63, 3.8) is 0 Å². The number of ether oxygens (including phenoxy) is 4. The van der Waals surface area contributed by atoms with Gasteiger partial charge in [0.25, 0.3) is 0 Å². The minimum atomic E-state index is -0.964. The molecule has 2 aromatic carbocycles. The van der Waals surface area contributed by atoms with Crippen LogP contribution in [0.5, 0.6) is 0 Å². The van der Waals surface area contributed by atoms with Gasteiger partial charge in [-0.15, -0.1) is 0 Å². The van der Waals surface area contributed by atoms with Crippen molar-refractivity contribution in [1.29, 1.82) is 0 Å². The standard InChI is InChI=1S/C51H81N5O9/c1-15-35(6)45(54(11)43(33(2)3)48(59)53-49(60)44(34(4)5)55(12)50(61)65-51(8,9)10)41(62-13)30-42(57)56-28-22-27-40(56)46(63-14)36(7)47(58)52-39(29-37-23-18-16-19-24-37)32-64-31-38-25-20-17-21-26-38/h16-21,23-26,33-36,39-41,43-46H,15,22,27-32H2,1-14H3,(H,52,58)(H,53,59,60)/t35-,36+,39-,40-,41+,43-,44-,45-,46+/m0/s1. The van der Waals surface area contributed by atoms with Crippen LogP contribution >= 0.6 is 0 Å². The Kier molecular flexibility index (Phi) is 22.1. The molecule has 65 heavy (non-hydrogen) atoms. The van der Waals surface area contributed by atoms with E-state index in [1.54, 1.807) is 35.0 Å². The molecule has 1 aliphatic heterocycles. The van der Waals surface area contributed by atoms with Crippen molar-refractivity contribution in [2.24, 2.45) is 23.7 Å². The molecular formula is C51H81N5O9. The second-order valence-electron chi connectivity index (χ2n) is 19.5. The van der Waals surface area contributed by atoms with Gasteiger partial charge in [0.05, 0.1) is 55.9 Å². The first kappa shape index (κ1) is 55.0. The van der Waals surface area contributed by atoms with E-state index in [4.69, 9.17) is 18.9 Å². The van der Waals surface area contributed by atoms with Crippen molar-refractivity contribution in [3.05, 3.63) is 71.8 Å². The summed E-state index contributed by atoms with van der Waals surface area (Å²) in [6.45, 7) is 19.9. The molecule has 1 fully saturated rings. The van der Waals surface area contributed by atoms with Crippen LogP contribution in [0.15, 0.2) is 60.7 Å². The molecule has 0 saturated carbocycles. The van der Waals surface area contributed by atoms with Gasteiger partial charge in [0.15, 0.2) is 0 Å². The molecule has 3 rings (SSSR count). The van der Waals surface area contributed by atoms with Crippen LogP contribution in [0.25, 0.3) is 0 Å². The zero-order valence-corrected chi connectivity index (χ0v) is 41.8. The molecule has 0 aliphatic carbocycles. The third-order valence-corrected chi connectivity index (χ3v) is 12.6. The maximum absolute atomic E-state index is 14.5. The van der Waals surface area contributed by atoms with E-state index in [9.17, 15) is 24.0 Å². The molecule has 0 spiro atoms. The Morgan fingerprint density at radius 1 is 0.800 bits per heavy atom. The van der Waals surface area contributed by atoms with Gasteiger partial charge in [-0.05, 0) is 76.0 Å². The molecule has 364 valence electrons. The van der Waals surface area contributed by atoms with Crippen LogP contribution in [-0.4, -0.2) is 134 Å². The first-order chi connectivity index (χ1) is 30.6. The predicted octanol–water partition coefficient (Wildman–Crippen LogP) is 6.88. The number of hydrogen-bond acceptors (Lipinski definition) is 10. The molecule has 2 aromatic rings. The van der Waals surface area contributed by atoms with Gasteiger partial charge in [-0.1, -0.05) is 116 Å². The number of hydrogen-bond donors (Lipinski definition) is 2. The van der Waals surface area contributed by atoms with E-state index in [1.165, 1.54) is 11.9 Å². The molecule has 9 atom stereocenters. The summed E-state index contributed by atoms with van der Waals surface area (Å²) in [5.41, 5.74) is 1.36. The molecule has 14 nitrogen and oxygen atoms in total. The number of imide groups is 1. The lowest BCUT2D eigenvalue weighted by atomic mass is 9.87. The summed E-state index contributed by atoms with van der Waals surface area (Å²) < 4.78 is 23.9. The van der Waals surface area contributed by atoms with Crippen LogP contribution in [0.3, 0.4) is 0 Å². The topological polar surface area (TPSA) is 156 Å². The summed E-state index contributed by atoms with van der Waals surface area (Å²) in [4.78, 5) is 74.6. The number of likely N-dealkylation sites (tertiary alicyclic amines) is 1. The van der Waals surface area contributed by atoms with Crippen molar-refractivity contribution >= 4 is 29.7 Å². The van der Waals surface area contributed by atoms with Gasteiger partial charge >= 0.3 is 6.09 Å². The molecule has 1 saturated heterocycles. The fourth-order valence-electron chi connectivity index (χ4n) is 9.25. The van der Waals surface area contributed by atoms with Gasteiger partial charge < -0.3 is 29.2 Å². The highest BCUT2D eigenvalue weighted by molar-refractivity contribution is 6.01. The Bertz CT molecular complexity index is 1790. The molecular weight excluding hydrogens is 827 g/mol. The Balaban J connectivity index is 1.79. The molecule has 2 N–H and O–H groups in total. The average molecular weight is 908 g/mol. The van der Waals surface area contributed by atoms with Crippen LogP contribution < -0.4 is 10.6 Å². The Labute approximate surface area is 389 Å². The number of carbonyl (C=O) groups is 5. The normalized spacial score (nSPS) is 18.0. The second kappa shape index (κ2) is 26.1. The minimum absolute atomic E-state index is 0.0189. The van der Waals surface area contributed by atoms with Gasteiger partial charge in [0.1, 0.15) is 11.6 Å². The fourth-order valence-corrected chi connectivity index (χ4v) is 9.25. The van der Waals surface area contributed by atoms with Crippen molar-refractivity contribution < 1.29 is 42.9 Å². The van der Waals surface area contributed by atoms with E-state index in [1.807, 2.05) is 112 Å². The van der Waals surface area contributed by atoms with Gasteiger partial charge in [-0.3, -0.25) is 34.3 Å². The smallest absolute Gasteiger partial charge is 0.410 e. The second-order valence-corrected chi connectivity index (χ2v) is 19.5. The first-order valence-corrected chi connectivity index (χ1v) is 23.5. The van der Waals surface area contributed by atoms with Crippen LogP contribution in [0.2, 0.25) is 0 Å².